The number of ether oxygens (including phenoxy) is 2. The summed E-state index contributed by atoms with van der Waals surface area (Å²) in [5.41, 5.74) is 1.29. The Morgan fingerprint density at radius 1 is 0.906 bits per heavy atom. The van der Waals surface area contributed by atoms with Crippen LogP contribution >= 0.6 is 11.6 Å². The predicted octanol–water partition coefficient (Wildman–Crippen LogP) is 8.07. The Hall–Kier alpha value is -3.25. The third-order valence-corrected chi connectivity index (χ3v) is 4.89. The highest BCUT2D eigenvalue weighted by molar-refractivity contribution is 6.33. The zero-order valence-corrected chi connectivity index (χ0v) is 18.5. The molecule has 5 nitrogen and oxygen atoms in total. The van der Waals surface area contributed by atoms with Crippen LogP contribution in [0.15, 0.2) is 77.0 Å². The van der Waals surface area contributed by atoms with Crippen molar-refractivity contribution >= 4 is 28.9 Å². The molecule has 3 rings (SSSR count). The lowest BCUT2D eigenvalue weighted by atomic mass is 10.2. The molecule has 166 valence electrons. The van der Waals surface area contributed by atoms with Crippen molar-refractivity contribution in [1.82, 2.24) is 0 Å². The van der Waals surface area contributed by atoms with Crippen LogP contribution in [0.4, 0.5) is 15.8 Å². The van der Waals surface area contributed by atoms with Crippen molar-refractivity contribution in [3.63, 3.8) is 0 Å². The molecule has 0 amide bonds. The number of hydrogen-bond acceptors (Lipinski definition) is 5. The summed E-state index contributed by atoms with van der Waals surface area (Å²) >= 11 is 6.23. The Morgan fingerprint density at radius 2 is 1.62 bits per heavy atom. The highest BCUT2D eigenvalue weighted by Gasteiger charge is 2.11. The van der Waals surface area contributed by atoms with Gasteiger partial charge in [-0.2, -0.15) is 5.11 Å². The van der Waals surface area contributed by atoms with Crippen molar-refractivity contribution in [2.75, 3.05) is 6.61 Å². The molecule has 0 unspecified atom stereocenters. The molecule has 0 fully saturated rings. The summed E-state index contributed by atoms with van der Waals surface area (Å²) < 4.78 is 24.0. The fourth-order valence-corrected chi connectivity index (χ4v) is 3.03. The molecular weight excluding hydrogens is 431 g/mol. The van der Waals surface area contributed by atoms with Crippen molar-refractivity contribution in [2.24, 2.45) is 10.2 Å². The lowest BCUT2D eigenvalue weighted by Gasteiger charge is -2.08. The molecule has 0 atom stereocenters. The van der Waals surface area contributed by atoms with E-state index < -0.39 is 5.97 Å². The van der Waals surface area contributed by atoms with Gasteiger partial charge in [-0.25, -0.2) is 9.18 Å². The second kappa shape index (κ2) is 12.0. The van der Waals surface area contributed by atoms with Crippen molar-refractivity contribution < 1.29 is 18.7 Å². The van der Waals surface area contributed by atoms with Crippen LogP contribution in [0.5, 0.6) is 11.5 Å². The van der Waals surface area contributed by atoms with Crippen LogP contribution in [0.1, 0.15) is 43.0 Å². The monoisotopic (exact) mass is 454 g/mol. The molecule has 0 aliphatic rings. The van der Waals surface area contributed by atoms with Crippen LogP contribution < -0.4 is 9.47 Å². The number of carbonyl (C=O) groups excluding carboxylic acids is 1. The minimum absolute atomic E-state index is 0.271. The minimum Gasteiger partial charge on any atom is -0.494 e. The molecule has 0 N–H and O–H groups in total. The van der Waals surface area contributed by atoms with Crippen LogP contribution in [-0.4, -0.2) is 12.6 Å². The minimum atomic E-state index is -0.503. The third-order valence-electron chi connectivity index (χ3n) is 4.59. The second-order valence-corrected chi connectivity index (χ2v) is 7.52. The van der Waals surface area contributed by atoms with E-state index in [4.69, 9.17) is 21.1 Å². The lowest BCUT2D eigenvalue weighted by molar-refractivity contribution is 0.0734. The summed E-state index contributed by atoms with van der Waals surface area (Å²) in [5, 5.41) is 8.34. The topological polar surface area (TPSA) is 60.2 Å². The number of carbonyl (C=O) groups is 1. The Bertz CT molecular complexity index is 1050. The molecule has 0 radical (unpaired) electrons. The SMILES string of the molecule is CCCCCCOc1ccc(C(=O)Oc2ccc(N=Nc3ccc(F)cc3)c(Cl)c2)cc1. The lowest BCUT2D eigenvalue weighted by Crippen LogP contribution is -2.08. The number of azo groups is 1. The van der Waals surface area contributed by atoms with Crippen LogP contribution in [0.2, 0.25) is 5.02 Å². The largest absolute Gasteiger partial charge is 0.494 e. The molecule has 0 spiro atoms. The molecule has 0 saturated carbocycles. The van der Waals surface area contributed by atoms with Gasteiger partial charge in [0.05, 0.1) is 22.9 Å². The van der Waals surface area contributed by atoms with E-state index in [1.807, 2.05) is 0 Å². The van der Waals surface area contributed by atoms with E-state index in [9.17, 15) is 9.18 Å². The summed E-state index contributed by atoms with van der Waals surface area (Å²) in [7, 11) is 0. The van der Waals surface area contributed by atoms with E-state index >= 15 is 0 Å². The smallest absolute Gasteiger partial charge is 0.343 e. The van der Waals surface area contributed by atoms with Gasteiger partial charge in [-0.1, -0.05) is 37.8 Å². The van der Waals surface area contributed by atoms with E-state index in [1.165, 1.54) is 43.2 Å². The quantitative estimate of drug-likeness (QED) is 0.135. The second-order valence-electron chi connectivity index (χ2n) is 7.11. The van der Waals surface area contributed by atoms with Crippen LogP contribution in [0.25, 0.3) is 0 Å². The molecule has 32 heavy (non-hydrogen) atoms. The number of hydrogen-bond donors (Lipinski definition) is 0. The number of rotatable bonds is 10. The number of halogens is 2. The highest BCUT2D eigenvalue weighted by Crippen LogP contribution is 2.31. The van der Waals surface area contributed by atoms with Crippen molar-refractivity contribution in [1.29, 1.82) is 0 Å². The van der Waals surface area contributed by atoms with Crippen molar-refractivity contribution in [3.05, 3.63) is 83.1 Å². The van der Waals surface area contributed by atoms with Gasteiger partial charge in [0, 0.05) is 6.07 Å². The van der Waals surface area contributed by atoms with E-state index in [-0.39, 0.29) is 16.6 Å². The third kappa shape index (κ3) is 7.17. The molecule has 7 heteroatoms. The molecular formula is C25H24ClFN2O3. The maximum atomic E-state index is 13.0. The average molecular weight is 455 g/mol. The fourth-order valence-electron chi connectivity index (χ4n) is 2.82. The van der Waals surface area contributed by atoms with Gasteiger partial charge in [-0.15, -0.1) is 5.11 Å². The first kappa shape index (κ1) is 23.4. The fraction of sp³-hybridized carbons (Fsp3) is 0.240. The summed E-state index contributed by atoms with van der Waals surface area (Å²) in [6.07, 6.45) is 4.55. The number of esters is 1. The standard InChI is InChI=1S/C25H24ClFN2O3/c1-2-3-4-5-16-31-21-12-6-18(7-13-21)25(30)32-22-14-15-24(23(26)17-22)29-28-20-10-8-19(27)9-11-20/h6-15,17H,2-5,16H2,1H3. The first-order valence-electron chi connectivity index (χ1n) is 10.5. The summed E-state index contributed by atoms with van der Waals surface area (Å²) in [5.74, 6) is 0.155. The van der Waals surface area contributed by atoms with E-state index in [0.29, 0.717) is 23.5 Å². The number of nitrogens with zero attached hydrogens (tertiary/aromatic N) is 2. The predicted molar refractivity (Wildman–Crippen MR) is 123 cm³/mol. The molecule has 3 aromatic rings. The Morgan fingerprint density at radius 3 is 2.31 bits per heavy atom. The Kier molecular flexibility index (Phi) is 8.75. The summed E-state index contributed by atoms with van der Waals surface area (Å²) in [6.45, 7) is 2.83. The maximum absolute atomic E-state index is 13.0. The van der Waals surface area contributed by atoms with Gasteiger partial charge in [0.2, 0.25) is 0 Å². The zero-order valence-electron chi connectivity index (χ0n) is 17.8. The van der Waals surface area contributed by atoms with E-state index in [0.717, 1.165) is 18.6 Å². The summed E-state index contributed by atoms with van der Waals surface area (Å²) in [6, 6.07) is 17.1. The molecule has 0 heterocycles. The van der Waals surface area contributed by atoms with Gasteiger partial charge in [0.15, 0.2) is 0 Å². The molecule has 0 saturated heterocycles. The van der Waals surface area contributed by atoms with Gasteiger partial charge in [0.1, 0.15) is 23.0 Å². The summed E-state index contributed by atoms with van der Waals surface area (Å²) in [4.78, 5) is 12.4. The molecule has 0 bridgehead atoms. The van der Waals surface area contributed by atoms with Crippen LogP contribution in [0, 0.1) is 5.82 Å². The normalized spacial score (nSPS) is 11.0. The Balaban J connectivity index is 1.55. The first-order chi connectivity index (χ1) is 15.5. The van der Waals surface area contributed by atoms with Crippen molar-refractivity contribution in [2.45, 2.75) is 32.6 Å². The van der Waals surface area contributed by atoms with Gasteiger partial charge < -0.3 is 9.47 Å². The van der Waals surface area contributed by atoms with Gasteiger partial charge >= 0.3 is 5.97 Å². The van der Waals surface area contributed by atoms with E-state index in [2.05, 4.69) is 17.2 Å². The van der Waals surface area contributed by atoms with Gasteiger partial charge in [-0.05, 0) is 67.1 Å². The highest BCUT2D eigenvalue weighted by atomic mass is 35.5. The van der Waals surface area contributed by atoms with E-state index in [1.54, 1.807) is 36.4 Å². The Labute approximate surface area is 191 Å². The first-order valence-corrected chi connectivity index (χ1v) is 10.8. The van der Waals surface area contributed by atoms with Crippen LogP contribution in [-0.2, 0) is 0 Å². The average Bonchev–Trinajstić information content (AvgIpc) is 2.80. The van der Waals surface area contributed by atoms with Crippen LogP contribution in [0.3, 0.4) is 0 Å². The molecule has 0 aromatic heterocycles. The van der Waals surface area contributed by atoms with Gasteiger partial charge in [-0.3, -0.25) is 0 Å². The molecule has 3 aromatic carbocycles. The molecule has 0 aliphatic heterocycles. The zero-order chi connectivity index (χ0) is 22.8. The molecule has 0 aliphatic carbocycles. The van der Waals surface area contributed by atoms with Gasteiger partial charge in [0.25, 0.3) is 0 Å². The van der Waals surface area contributed by atoms with Crippen molar-refractivity contribution in [3.8, 4) is 11.5 Å². The number of unbranched alkanes of at least 4 members (excludes halogenated alkanes) is 3. The maximum Gasteiger partial charge on any atom is 0.343 e. The number of benzene rings is 3.